The lowest BCUT2D eigenvalue weighted by Crippen LogP contribution is -2.50. The predicted molar refractivity (Wildman–Crippen MR) is 44.5 cm³/mol. The lowest BCUT2D eigenvalue weighted by molar-refractivity contribution is -0.129. The van der Waals surface area contributed by atoms with Gasteiger partial charge in [-0.3, -0.25) is 9.59 Å². The second kappa shape index (κ2) is 4.09. The van der Waals surface area contributed by atoms with Crippen molar-refractivity contribution in [3.8, 4) is 0 Å². The van der Waals surface area contributed by atoms with Crippen molar-refractivity contribution < 1.29 is 9.59 Å². The number of piperidine rings is 1. The number of nitrogens with one attached hydrogen (secondary N) is 2. The van der Waals surface area contributed by atoms with Crippen LogP contribution in [0.5, 0.6) is 0 Å². The molecule has 4 heteroatoms. The van der Waals surface area contributed by atoms with Crippen LogP contribution in [0, 0.1) is 0 Å². The smallest absolute Gasteiger partial charge is 0.242 e. The molecule has 0 saturated carbocycles. The molecule has 0 aromatic carbocycles. The van der Waals surface area contributed by atoms with Gasteiger partial charge in [-0.15, -0.1) is 0 Å². The third kappa shape index (κ3) is 2.22. The Hall–Kier alpha value is -1.06. The summed E-state index contributed by atoms with van der Waals surface area (Å²) in [5.41, 5.74) is 0. The molecule has 1 heterocycles. The highest BCUT2D eigenvalue weighted by molar-refractivity contribution is 5.87. The van der Waals surface area contributed by atoms with Gasteiger partial charge in [-0.2, -0.15) is 0 Å². The summed E-state index contributed by atoms with van der Waals surface area (Å²) in [6, 6.07) is -0.300. The quantitative estimate of drug-likeness (QED) is 0.602. The summed E-state index contributed by atoms with van der Waals surface area (Å²) in [7, 11) is 0. The molecule has 0 bridgehead atoms. The molecule has 1 atom stereocenters. The molecule has 0 aromatic heterocycles. The molecule has 0 aromatic rings. The molecular weight excluding hydrogens is 156 g/mol. The molecule has 1 aliphatic rings. The molecule has 0 aliphatic carbocycles. The fourth-order valence-electron chi connectivity index (χ4n) is 1.21. The second-order valence-corrected chi connectivity index (χ2v) is 2.91. The Morgan fingerprint density at radius 1 is 1.75 bits per heavy atom. The normalized spacial score (nSPS) is 23.1. The highest BCUT2D eigenvalue weighted by Crippen LogP contribution is 2.02. The maximum Gasteiger partial charge on any atom is 0.242 e. The summed E-state index contributed by atoms with van der Waals surface area (Å²) in [6.45, 7) is 2.51. The maximum absolute atomic E-state index is 11.1. The predicted octanol–water partition coefficient (Wildman–Crippen LogP) is -0.209. The van der Waals surface area contributed by atoms with Crippen molar-refractivity contribution in [2.24, 2.45) is 0 Å². The Kier molecular flexibility index (Phi) is 3.08. The van der Waals surface area contributed by atoms with Gasteiger partial charge in [0.05, 0.1) is 0 Å². The van der Waals surface area contributed by atoms with Crippen LogP contribution in [-0.4, -0.2) is 24.4 Å². The minimum absolute atomic E-state index is 0.0527. The highest BCUT2D eigenvalue weighted by atomic mass is 16.2. The summed E-state index contributed by atoms with van der Waals surface area (Å²) in [4.78, 5) is 22.1. The lowest BCUT2D eigenvalue weighted by Gasteiger charge is -2.22. The van der Waals surface area contributed by atoms with Gasteiger partial charge in [-0.1, -0.05) is 6.92 Å². The van der Waals surface area contributed by atoms with Crippen LogP contribution in [0.2, 0.25) is 0 Å². The van der Waals surface area contributed by atoms with E-state index in [1.165, 1.54) is 0 Å². The van der Waals surface area contributed by atoms with Crippen LogP contribution in [-0.2, 0) is 9.59 Å². The van der Waals surface area contributed by atoms with E-state index in [1.54, 1.807) is 6.92 Å². The molecule has 1 rings (SSSR count). The van der Waals surface area contributed by atoms with Crippen LogP contribution >= 0.6 is 0 Å². The maximum atomic E-state index is 11.1. The van der Waals surface area contributed by atoms with Crippen molar-refractivity contribution in [3.63, 3.8) is 0 Å². The van der Waals surface area contributed by atoms with Gasteiger partial charge in [0.2, 0.25) is 11.8 Å². The van der Waals surface area contributed by atoms with Crippen LogP contribution in [0.15, 0.2) is 0 Å². The van der Waals surface area contributed by atoms with E-state index in [-0.39, 0.29) is 17.9 Å². The molecule has 0 spiro atoms. The number of hydrogen-bond donors (Lipinski definition) is 2. The van der Waals surface area contributed by atoms with Crippen molar-refractivity contribution in [3.05, 3.63) is 0 Å². The number of carbonyl (C=O) groups excluding carboxylic acids is 2. The van der Waals surface area contributed by atoms with E-state index in [0.29, 0.717) is 6.42 Å². The average molecular weight is 170 g/mol. The fourth-order valence-corrected chi connectivity index (χ4v) is 1.21. The Bertz CT molecular complexity index is 191. The molecule has 1 saturated heterocycles. The van der Waals surface area contributed by atoms with Crippen LogP contribution in [0.1, 0.15) is 26.2 Å². The van der Waals surface area contributed by atoms with Crippen LogP contribution in [0.25, 0.3) is 0 Å². The zero-order valence-electron chi connectivity index (χ0n) is 7.22. The Balaban J connectivity index is 2.39. The van der Waals surface area contributed by atoms with Crippen LogP contribution in [0.4, 0.5) is 0 Å². The van der Waals surface area contributed by atoms with Crippen LogP contribution in [0.3, 0.4) is 0 Å². The molecule has 2 amide bonds. The van der Waals surface area contributed by atoms with E-state index < -0.39 is 0 Å². The monoisotopic (exact) mass is 170 g/mol. The molecule has 4 nitrogen and oxygen atoms in total. The highest BCUT2D eigenvalue weighted by Gasteiger charge is 2.22. The minimum atomic E-state index is -0.300. The largest absolute Gasteiger partial charge is 0.354 e. The SMILES string of the molecule is CCC(=O)N[C@H]1CCCNC1=O. The Morgan fingerprint density at radius 3 is 3.08 bits per heavy atom. The van der Waals surface area contributed by atoms with Gasteiger partial charge in [-0.05, 0) is 12.8 Å². The third-order valence-electron chi connectivity index (χ3n) is 1.94. The van der Waals surface area contributed by atoms with Gasteiger partial charge < -0.3 is 10.6 Å². The van der Waals surface area contributed by atoms with Crippen LogP contribution < -0.4 is 10.6 Å². The molecular formula is C8H14N2O2. The molecule has 12 heavy (non-hydrogen) atoms. The Labute approximate surface area is 71.7 Å². The molecule has 0 unspecified atom stereocenters. The third-order valence-corrected chi connectivity index (χ3v) is 1.94. The minimum Gasteiger partial charge on any atom is -0.354 e. The van der Waals surface area contributed by atoms with E-state index >= 15 is 0 Å². The van der Waals surface area contributed by atoms with E-state index in [9.17, 15) is 9.59 Å². The topological polar surface area (TPSA) is 58.2 Å². The molecule has 1 fully saturated rings. The van der Waals surface area contributed by atoms with E-state index in [2.05, 4.69) is 10.6 Å². The number of rotatable bonds is 2. The number of carbonyl (C=O) groups is 2. The van der Waals surface area contributed by atoms with Gasteiger partial charge in [0, 0.05) is 13.0 Å². The first-order valence-corrected chi connectivity index (χ1v) is 4.31. The molecule has 68 valence electrons. The number of hydrogen-bond acceptors (Lipinski definition) is 2. The summed E-state index contributed by atoms with van der Waals surface area (Å²) >= 11 is 0. The van der Waals surface area contributed by atoms with Gasteiger partial charge in [0.25, 0.3) is 0 Å². The first kappa shape index (κ1) is 9.03. The standard InChI is InChI=1S/C8H14N2O2/c1-2-7(11)10-6-4-3-5-9-8(6)12/h6H,2-5H2,1H3,(H,9,12)(H,10,11)/t6-/m0/s1. The number of amides is 2. The Morgan fingerprint density at radius 2 is 2.50 bits per heavy atom. The van der Waals surface area contributed by atoms with E-state index in [4.69, 9.17) is 0 Å². The van der Waals surface area contributed by atoms with E-state index in [0.717, 1.165) is 19.4 Å². The molecule has 1 aliphatic heterocycles. The zero-order valence-corrected chi connectivity index (χ0v) is 7.22. The zero-order chi connectivity index (χ0) is 8.97. The molecule has 2 N–H and O–H groups in total. The lowest BCUT2D eigenvalue weighted by atomic mass is 10.1. The summed E-state index contributed by atoms with van der Waals surface area (Å²) in [6.07, 6.45) is 2.14. The first-order valence-electron chi connectivity index (χ1n) is 4.31. The van der Waals surface area contributed by atoms with Crippen molar-refractivity contribution in [2.75, 3.05) is 6.54 Å². The van der Waals surface area contributed by atoms with Crippen molar-refractivity contribution in [2.45, 2.75) is 32.2 Å². The second-order valence-electron chi connectivity index (χ2n) is 2.91. The summed E-state index contributed by atoms with van der Waals surface area (Å²) < 4.78 is 0. The van der Waals surface area contributed by atoms with Crippen molar-refractivity contribution in [1.82, 2.24) is 10.6 Å². The van der Waals surface area contributed by atoms with E-state index in [1.807, 2.05) is 0 Å². The van der Waals surface area contributed by atoms with Gasteiger partial charge in [0.15, 0.2) is 0 Å². The van der Waals surface area contributed by atoms with Crippen molar-refractivity contribution in [1.29, 1.82) is 0 Å². The molecule has 0 radical (unpaired) electrons. The summed E-state index contributed by atoms with van der Waals surface area (Å²) in [5, 5.41) is 5.38. The van der Waals surface area contributed by atoms with Gasteiger partial charge >= 0.3 is 0 Å². The van der Waals surface area contributed by atoms with Gasteiger partial charge in [0.1, 0.15) is 6.04 Å². The fraction of sp³-hybridized carbons (Fsp3) is 0.750. The van der Waals surface area contributed by atoms with Gasteiger partial charge in [-0.25, -0.2) is 0 Å². The summed E-state index contributed by atoms with van der Waals surface area (Å²) in [5.74, 6) is -0.111. The average Bonchev–Trinajstić information content (AvgIpc) is 2.09. The first-order chi connectivity index (χ1) is 5.74. The van der Waals surface area contributed by atoms with Crippen molar-refractivity contribution >= 4 is 11.8 Å².